The number of para-hydroxylation sites is 1. The van der Waals surface area contributed by atoms with Crippen molar-refractivity contribution in [2.45, 2.75) is 0 Å². The second kappa shape index (κ2) is 4.14. The normalized spacial score (nSPS) is 11.1. The third kappa shape index (κ3) is 1.70. The van der Waals surface area contributed by atoms with Crippen molar-refractivity contribution in [2.75, 3.05) is 0 Å². The maximum atomic E-state index is 13.9. The van der Waals surface area contributed by atoms with Gasteiger partial charge in [-0.15, -0.1) is 0 Å². The number of aryl methyl sites for hydroxylation is 1. The van der Waals surface area contributed by atoms with Crippen molar-refractivity contribution in [2.24, 2.45) is 7.05 Å². The van der Waals surface area contributed by atoms with Gasteiger partial charge in [-0.1, -0.05) is 29.8 Å². The Balaban J connectivity index is 2.28. The molecule has 0 bridgehead atoms. The van der Waals surface area contributed by atoms with Gasteiger partial charge in [-0.05, 0) is 30.3 Å². The summed E-state index contributed by atoms with van der Waals surface area (Å²) in [6, 6.07) is 14.7. The summed E-state index contributed by atoms with van der Waals surface area (Å²) in [7, 11) is 1.94. The van der Waals surface area contributed by atoms with Gasteiger partial charge in [0.25, 0.3) is 0 Å². The highest BCUT2D eigenvalue weighted by Gasteiger charge is 2.11. The van der Waals surface area contributed by atoms with Crippen molar-refractivity contribution in [1.82, 2.24) is 4.57 Å². The van der Waals surface area contributed by atoms with E-state index in [1.165, 1.54) is 6.07 Å². The molecule has 3 rings (SSSR count). The van der Waals surface area contributed by atoms with Crippen LogP contribution in [0.15, 0.2) is 48.5 Å². The molecule has 0 radical (unpaired) electrons. The van der Waals surface area contributed by atoms with Crippen LogP contribution in [0.4, 0.5) is 4.39 Å². The van der Waals surface area contributed by atoms with Gasteiger partial charge in [-0.3, -0.25) is 0 Å². The lowest BCUT2D eigenvalue weighted by atomic mass is 10.1. The molecule has 0 saturated carbocycles. The zero-order valence-corrected chi connectivity index (χ0v) is 10.6. The van der Waals surface area contributed by atoms with Gasteiger partial charge in [0.05, 0.1) is 5.69 Å². The maximum absolute atomic E-state index is 13.9. The zero-order valence-electron chi connectivity index (χ0n) is 9.82. The molecule has 3 aromatic rings. The van der Waals surface area contributed by atoms with Crippen LogP contribution >= 0.6 is 11.6 Å². The van der Waals surface area contributed by atoms with Gasteiger partial charge >= 0.3 is 0 Å². The summed E-state index contributed by atoms with van der Waals surface area (Å²) >= 11 is 5.78. The third-order valence-electron chi connectivity index (χ3n) is 3.16. The van der Waals surface area contributed by atoms with Gasteiger partial charge < -0.3 is 4.57 Å². The van der Waals surface area contributed by atoms with E-state index < -0.39 is 0 Å². The monoisotopic (exact) mass is 259 g/mol. The van der Waals surface area contributed by atoms with Crippen LogP contribution in [0.25, 0.3) is 22.2 Å². The summed E-state index contributed by atoms with van der Waals surface area (Å²) in [6.07, 6.45) is 0. The average molecular weight is 260 g/mol. The quantitative estimate of drug-likeness (QED) is 0.600. The minimum Gasteiger partial charge on any atom is -0.344 e. The Kier molecular flexibility index (Phi) is 2.60. The Morgan fingerprint density at radius 2 is 1.83 bits per heavy atom. The van der Waals surface area contributed by atoms with Crippen molar-refractivity contribution in [3.8, 4) is 11.3 Å². The fourth-order valence-electron chi connectivity index (χ4n) is 2.24. The van der Waals surface area contributed by atoms with Crippen molar-refractivity contribution >= 4 is 22.5 Å². The first-order valence-electron chi connectivity index (χ1n) is 5.67. The maximum Gasteiger partial charge on any atom is 0.134 e. The lowest BCUT2D eigenvalue weighted by Gasteiger charge is -2.06. The van der Waals surface area contributed by atoms with Crippen LogP contribution in [-0.2, 0) is 7.05 Å². The fourth-order valence-corrected chi connectivity index (χ4v) is 2.40. The van der Waals surface area contributed by atoms with Crippen LogP contribution in [0.3, 0.4) is 0 Å². The molecule has 0 aliphatic rings. The Hall–Kier alpha value is -1.80. The van der Waals surface area contributed by atoms with Gasteiger partial charge in [0.2, 0.25) is 0 Å². The highest BCUT2D eigenvalue weighted by atomic mass is 35.5. The summed E-state index contributed by atoms with van der Waals surface area (Å²) in [4.78, 5) is 0. The average Bonchev–Trinajstić information content (AvgIpc) is 2.68. The smallest absolute Gasteiger partial charge is 0.134 e. The molecule has 0 amide bonds. The first-order valence-corrected chi connectivity index (χ1v) is 6.04. The molecule has 90 valence electrons. The Labute approximate surface area is 109 Å². The molecule has 1 aromatic heterocycles. The predicted octanol–water partition coefficient (Wildman–Crippen LogP) is 4.64. The van der Waals surface area contributed by atoms with Gasteiger partial charge in [0.15, 0.2) is 0 Å². The van der Waals surface area contributed by atoms with Gasteiger partial charge in [-0.2, -0.15) is 0 Å². The Morgan fingerprint density at radius 1 is 1.06 bits per heavy atom. The van der Waals surface area contributed by atoms with Crippen molar-refractivity contribution in [1.29, 1.82) is 0 Å². The van der Waals surface area contributed by atoms with E-state index in [1.54, 1.807) is 12.1 Å². The minimum atomic E-state index is -0.298. The van der Waals surface area contributed by atoms with Crippen molar-refractivity contribution < 1.29 is 4.39 Å². The van der Waals surface area contributed by atoms with Gasteiger partial charge in [-0.25, -0.2) is 4.39 Å². The third-order valence-corrected chi connectivity index (χ3v) is 3.39. The molecule has 0 unspecified atom stereocenters. The molecule has 1 nitrogen and oxygen atoms in total. The molecule has 0 atom stereocenters. The second-order valence-corrected chi connectivity index (χ2v) is 4.71. The minimum absolute atomic E-state index is 0.298. The highest BCUT2D eigenvalue weighted by molar-refractivity contribution is 6.30. The lowest BCUT2D eigenvalue weighted by molar-refractivity contribution is 0.630. The molecule has 0 aliphatic heterocycles. The molecule has 0 fully saturated rings. The zero-order chi connectivity index (χ0) is 12.7. The van der Waals surface area contributed by atoms with Crippen LogP contribution < -0.4 is 0 Å². The summed E-state index contributed by atoms with van der Waals surface area (Å²) in [5, 5.41) is 1.51. The number of benzene rings is 2. The molecule has 0 saturated heterocycles. The van der Waals surface area contributed by atoms with Gasteiger partial charge in [0, 0.05) is 28.5 Å². The second-order valence-electron chi connectivity index (χ2n) is 4.27. The van der Waals surface area contributed by atoms with E-state index in [-0.39, 0.29) is 5.82 Å². The largest absolute Gasteiger partial charge is 0.344 e. The van der Waals surface area contributed by atoms with E-state index in [9.17, 15) is 4.39 Å². The van der Waals surface area contributed by atoms with Crippen molar-refractivity contribution in [3.63, 3.8) is 0 Å². The number of rotatable bonds is 1. The molecular formula is C15H11ClFN. The van der Waals surface area contributed by atoms with E-state index in [0.29, 0.717) is 10.6 Å². The molecule has 2 aromatic carbocycles. The number of fused-ring (bicyclic) bond motifs is 1. The molecule has 0 N–H and O–H groups in total. The Morgan fingerprint density at radius 3 is 2.56 bits per heavy atom. The van der Waals surface area contributed by atoms with E-state index in [0.717, 1.165) is 16.6 Å². The number of halogens is 2. The molecular weight excluding hydrogens is 249 g/mol. The van der Waals surface area contributed by atoms with Crippen LogP contribution in [0.1, 0.15) is 0 Å². The number of hydrogen-bond acceptors (Lipinski definition) is 0. The Bertz CT molecular complexity index is 730. The topological polar surface area (TPSA) is 4.93 Å². The summed E-state index contributed by atoms with van der Waals surface area (Å²) in [5.74, 6) is -0.298. The molecule has 18 heavy (non-hydrogen) atoms. The van der Waals surface area contributed by atoms with E-state index in [2.05, 4.69) is 0 Å². The first-order chi connectivity index (χ1) is 8.66. The summed E-state index contributed by atoms with van der Waals surface area (Å²) in [6.45, 7) is 0. The predicted molar refractivity (Wildman–Crippen MR) is 73.3 cm³/mol. The van der Waals surface area contributed by atoms with E-state index in [1.807, 2.05) is 41.9 Å². The summed E-state index contributed by atoms with van der Waals surface area (Å²) in [5.41, 5.74) is 2.50. The number of nitrogens with zero attached hydrogens (tertiary/aromatic N) is 1. The molecule has 1 heterocycles. The highest BCUT2D eigenvalue weighted by Crippen LogP contribution is 2.30. The van der Waals surface area contributed by atoms with Crippen molar-refractivity contribution in [3.05, 3.63) is 59.4 Å². The van der Waals surface area contributed by atoms with Crippen LogP contribution in [0.5, 0.6) is 0 Å². The summed E-state index contributed by atoms with van der Waals surface area (Å²) < 4.78 is 15.9. The standard InChI is InChI=1S/C15H11ClFN/c1-18-14-5-3-2-4-10(14)8-15(18)12-7-6-11(16)9-13(12)17/h2-9H,1H3. The fraction of sp³-hybridized carbons (Fsp3) is 0.0667. The molecule has 3 heteroatoms. The lowest BCUT2D eigenvalue weighted by Crippen LogP contribution is -1.93. The molecule has 0 aliphatic carbocycles. The SMILES string of the molecule is Cn1c(-c2ccc(Cl)cc2F)cc2ccccc21. The van der Waals surface area contributed by atoms with E-state index in [4.69, 9.17) is 11.6 Å². The van der Waals surface area contributed by atoms with Crippen LogP contribution in [0, 0.1) is 5.82 Å². The van der Waals surface area contributed by atoms with Crippen LogP contribution in [-0.4, -0.2) is 4.57 Å². The first kappa shape index (κ1) is 11.3. The number of hydrogen-bond donors (Lipinski definition) is 0. The molecule has 0 spiro atoms. The number of aromatic nitrogens is 1. The van der Waals surface area contributed by atoms with Crippen LogP contribution in [0.2, 0.25) is 5.02 Å². The van der Waals surface area contributed by atoms with E-state index >= 15 is 0 Å². The van der Waals surface area contributed by atoms with Gasteiger partial charge in [0.1, 0.15) is 5.82 Å².